The van der Waals surface area contributed by atoms with E-state index in [1.54, 1.807) is 0 Å². The van der Waals surface area contributed by atoms with E-state index in [-0.39, 0.29) is 0 Å². The Bertz CT molecular complexity index is 150. The van der Waals surface area contributed by atoms with Crippen molar-refractivity contribution in [3.05, 3.63) is 0 Å². The summed E-state index contributed by atoms with van der Waals surface area (Å²) >= 11 is 0. The van der Waals surface area contributed by atoms with Crippen LogP contribution < -0.4 is 11.1 Å². The van der Waals surface area contributed by atoms with Crippen LogP contribution in [0.3, 0.4) is 0 Å². The van der Waals surface area contributed by atoms with Gasteiger partial charge in [-0.05, 0) is 51.1 Å². The lowest BCUT2D eigenvalue weighted by atomic mass is 9.97. The molecule has 0 aromatic heterocycles. The number of hydrogen-bond donors (Lipinski definition) is 2. The van der Waals surface area contributed by atoms with Gasteiger partial charge in [0.25, 0.3) is 0 Å². The average molecular weight is 184 g/mol. The lowest BCUT2D eigenvalue weighted by Gasteiger charge is -2.20. The molecule has 0 radical (unpaired) electrons. The van der Waals surface area contributed by atoms with Crippen LogP contribution in [0.1, 0.15) is 40.0 Å². The van der Waals surface area contributed by atoms with Gasteiger partial charge in [-0.1, -0.05) is 13.8 Å². The largest absolute Gasteiger partial charge is 0.330 e. The lowest BCUT2D eigenvalue weighted by Crippen LogP contribution is -2.36. The Labute approximate surface area is 82.3 Å². The highest BCUT2D eigenvalue weighted by Gasteiger charge is 2.36. The number of nitrogens with two attached hydrogens (primary N) is 1. The fourth-order valence-electron chi connectivity index (χ4n) is 1.68. The van der Waals surface area contributed by atoms with Gasteiger partial charge in [0.1, 0.15) is 0 Å². The molecule has 0 bridgehead atoms. The van der Waals surface area contributed by atoms with Gasteiger partial charge in [0.05, 0.1) is 0 Å². The van der Waals surface area contributed by atoms with Crippen molar-refractivity contribution < 1.29 is 0 Å². The third-order valence-electron chi connectivity index (χ3n) is 2.96. The summed E-state index contributed by atoms with van der Waals surface area (Å²) in [6.45, 7) is 8.76. The first-order valence-electron chi connectivity index (χ1n) is 5.51. The van der Waals surface area contributed by atoms with Crippen LogP contribution in [-0.4, -0.2) is 18.6 Å². The quantitative estimate of drug-likeness (QED) is 0.660. The van der Waals surface area contributed by atoms with Gasteiger partial charge < -0.3 is 11.1 Å². The fourth-order valence-corrected chi connectivity index (χ4v) is 1.68. The maximum Gasteiger partial charge on any atom is 0.0154 e. The molecule has 1 rings (SSSR count). The van der Waals surface area contributed by atoms with Gasteiger partial charge in [0.2, 0.25) is 0 Å². The second kappa shape index (κ2) is 4.43. The molecule has 0 aromatic rings. The second-order valence-corrected chi connectivity index (χ2v) is 5.17. The molecule has 78 valence electrons. The van der Waals surface area contributed by atoms with Crippen molar-refractivity contribution in [1.29, 1.82) is 0 Å². The summed E-state index contributed by atoms with van der Waals surface area (Å²) in [5, 5.41) is 3.61. The molecule has 0 spiro atoms. The molecular weight excluding hydrogens is 160 g/mol. The first-order chi connectivity index (χ1) is 6.06. The molecule has 1 unspecified atom stereocenters. The van der Waals surface area contributed by atoms with Crippen LogP contribution >= 0.6 is 0 Å². The van der Waals surface area contributed by atoms with Crippen molar-refractivity contribution in [3.8, 4) is 0 Å². The van der Waals surface area contributed by atoms with Crippen molar-refractivity contribution in [3.63, 3.8) is 0 Å². The maximum absolute atomic E-state index is 5.73. The van der Waals surface area contributed by atoms with Crippen molar-refractivity contribution >= 4 is 0 Å². The van der Waals surface area contributed by atoms with E-state index in [0.717, 1.165) is 19.0 Å². The topological polar surface area (TPSA) is 38.0 Å². The molecule has 3 N–H and O–H groups in total. The second-order valence-electron chi connectivity index (χ2n) is 5.17. The lowest BCUT2D eigenvalue weighted by molar-refractivity contribution is 0.371. The minimum atomic E-state index is 0.463. The first-order valence-corrected chi connectivity index (χ1v) is 5.51. The van der Waals surface area contributed by atoms with Gasteiger partial charge in [0, 0.05) is 5.54 Å². The van der Waals surface area contributed by atoms with Gasteiger partial charge in [0.15, 0.2) is 0 Å². The minimum absolute atomic E-state index is 0.463. The molecule has 0 heterocycles. The van der Waals surface area contributed by atoms with Gasteiger partial charge in [-0.2, -0.15) is 0 Å². The highest BCUT2D eigenvalue weighted by molar-refractivity contribution is 4.97. The number of rotatable bonds is 6. The summed E-state index contributed by atoms with van der Waals surface area (Å²) in [4.78, 5) is 0. The third kappa shape index (κ3) is 4.10. The van der Waals surface area contributed by atoms with Crippen molar-refractivity contribution in [1.82, 2.24) is 5.32 Å². The van der Waals surface area contributed by atoms with Crippen LogP contribution in [0.15, 0.2) is 0 Å². The van der Waals surface area contributed by atoms with Crippen LogP contribution in [0, 0.1) is 11.8 Å². The monoisotopic (exact) mass is 184 g/mol. The average Bonchev–Trinajstić information content (AvgIpc) is 2.77. The molecule has 0 aromatic carbocycles. The van der Waals surface area contributed by atoms with Crippen LogP contribution in [0.25, 0.3) is 0 Å². The molecule has 2 heteroatoms. The standard InChI is InChI=1S/C11H24N2/c1-9(2)6-10(7-12)8-13-11(3)4-5-11/h9-10,13H,4-8,12H2,1-3H3. The maximum atomic E-state index is 5.73. The van der Waals surface area contributed by atoms with E-state index in [1.807, 2.05) is 0 Å². The molecule has 1 atom stereocenters. The molecule has 0 saturated heterocycles. The van der Waals surface area contributed by atoms with E-state index in [1.165, 1.54) is 19.3 Å². The Morgan fingerprint density at radius 3 is 2.38 bits per heavy atom. The molecule has 0 amide bonds. The Morgan fingerprint density at radius 1 is 1.38 bits per heavy atom. The Morgan fingerprint density at radius 2 is 2.00 bits per heavy atom. The Balaban J connectivity index is 2.15. The summed E-state index contributed by atoms with van der Waals surface area (Å²) in [5.74, 6) is 1.43. The molecule has 2 nitrogen and oxygen atoms in total. The highest BCUT2D eigenvalue weighted by atomic mass is 15.0. The van der Waals surface area contributed by atoms with E-state index in [9.17, 15) is 0 Å². The van der Waals surface area contributed by atoms with E-state index in [2.05, 4.69) is 26.1 Å². The summed E-state index contributed by atoms with van der Waals surface area (Å²) in [6.07, 6.45) is 3.93. The van der Waals surface area contributed by atoms with Crippen molar-refractivity contribution in [2.75, 3.05) is 13.1 Å². The Hall–Kier alpha value is -0.0800. The van der Waals surface area contributed by atoms with Gasteiger partial charge in [-0.3, -0.25) is 0 Å². The molecule has 1 aliphatic carbocycles. The van der Waals surface area contributed by atoms with E-state index in [0.29, 0.717) is 11.5 Å². The van der Waals surface area contributed by atoms with Crippen LogP contribution in [-0.2, 0) is 0 Å². The number of nitrogens with one attached hydrogen (secondary N) is 1. The zero-order valence-electron chi connectivity index (χ0n) is 9.27. The number of hydrogen-bond acceptors (Lipinski definition) is 2. The molecular formula is C11H24N2. The predicted molar refractivity (Wildman–Crippen MR) is 57.6 cm³/mol. The molecule has 1 aliphatic rings. The molecule has 1 saturated carbocycles. The van der Waals surface area contributed by atoms with Crippen molar-refractivity contribution in [2.45, 2.75) is 45.6 Å². The first kappa shape index (κ1) is 11.0. The zero-order chi connectivity index (χ0) is 9.90. The molecule has 0 aliphatic heterocycles. The van der Waals surface area contributed by atoms with Crippen LogP contribution in [0.5, 0.6) is 0 Å². The summed E-state index contributed by atoms with van der Waals surface area (Å²) in [6, 6.07) is 0. The summed E-state index contributed by atoms with van der Waals surface area (Å²) in [5.41, 5.74) is 6.19. The summed E-state index contributed by atoms with van der Waals surface area (Å²) < 4.78 is 0. The normalized spacial score (nSPS) is 21.9. The van der Waals surface area contributed by atoms with Crippen LogP contribution in [0.2, 0.25) is 0 Å². The van der Waals surface area contributed by atoms with Crippen molar-refractivity contribution in [2.24, 2.45) is 17.6 Å². The molecule has 13 heavy (non-hydrogen) atoms. The third-order valence-corrected chi connectivity index (χ3v) is 2.96. The van der Waals surface area contributed by atoms with Gasteiger partial charge in [-0.25, -0.2) is 0 Å². The summed E-state index contributed by atoms with van der Waals surface area (Å²) in [7, 11) is 0. The predicted octanol–water partition coefficient (Wildman–Crippen LogP) is 1.75. The minimum Gasteiger partial charge on any atom is -0.330 e. The SMILES string of the molecule is CC(C)CC(CN)CNC1(C)CC1. The van der Waals surface area contributed by atoms with E-state index < -0.39 is 0 Å². The van der Waals surface area contributed by atoms with E-state index >= 15 is 0 Å². The van der Waals surface area contributed by atoms with E-state index in [4.69, 9.17) is 5.73 Å². The van der Waals surface area contributed by atoms with Gasteiger partial charge >= 0.3 is 0 Å². The highest BCUT2D eigenvalue weighted by Crippen LogP contribution is 2.34. The molecule has 1 fully saturated rings. The fraction of sp³-hybridized carbons (Fsp3) is 1.00. The smallest absolute Gasteiger partial charge is 0.0154 e. The zero-order valence-corrected chi connectivity index (χ0v) is 9.27. The van der Waals surface area contributed by atoms with Gasteiger partial charge in [-0.15, -0.1) is 0 Å². The van der Waals surface area contributed by atoms with Crippen LogP contribution in [0.4, 0.5) is 0 Å². The Kier molecular flexibility index (Phi) is 3.74.